The Labute approximate surface area is 187 Å². The summed E-state index contributed by atoms with van der Waals surface area (Å²) in [6.07, 6.45) is 2.68. The van der Waals surface area contributed by atoms with E-state index in [1.165, 1.54) is 12.8 Å². The Morgan fingerprint density at radius 2 is 1.84 bits per heavy atom. The number of rotatable bonds is 2. The third kappa shape index (κ3) is 2.83. The number of H-pyrrole nitrogens is 1. The van der Waals surface area contributed by atoms with Crippen molar-refractivity contribution in [3.63, 3.8) is 0 Å². The Morgan fingerprint density at radius 1 is 1.10 bits per heavy atom. The SMILES string of the molecule is CC1(C)c2cc(N3CCN(C4CC4)CC3)c(Cl)cc2C(=O)c2c1[nH]c1cc(N)ccc21. The molecule has 31 heavy (non-hydrogen) atoms. The van der Waals surface area contributed by atoms with E-state index in [1.54, 1.807) is 0 Å². The van der Waals surface area contributed by atoms with Gasteiger partial charge in [0.05, 0.1) is 16.3 Å². The summed E-state index contributed by atoms with van der Waals surface area (Å²) in [4.78, 5) is 22.1. The fourth-order valence-electron chi connectivity index (χ4n) is 5.47. The van der Waals surface area contributed by atoms with Crippen molar-refractivity contribution in [1.82, 2.24) is 9.88 Å². The number of benzene rings is 2. The minimum Gasteiger partial charge on any atom is -0.399 e. The van der Waals surface area contributed by atoms with E-state index in [-0.39, 0.29) is 11.2 Å². The summed E-state index contributed by atoms with van der Waals surface area (Å²) in [6, 6.07) is 10.5. The van der Waals surface area contributed by atoms with Gasteiger partial charge in [-0.15, -0.1) is 0 Å². The zero-order valence-electron chi connectivity index (χ0n) is 18.0. The number of nitrogens with two attached hydrogens (primary N) is 1. The Balaban J connectivity index is 1.44. The van der Waals surface area contributed by atoms with Gasteiger partial charge in [-0.2, -0.15) is 0 Å². The number of nitrogens with zero attached hydrogens (tertiary/aromatic N) is 2. The molecule has 0 spiro atoms. The topological polar surface area (TPSA) is 65.4 Å². The van der Waals surface area contributed by atoms with Crippen molar-refractivity contribution >= 4 is 39.7 Å². The molecule has 3 N–H and O–H groups in total. The summed E-state index contributed by atoms with van der Waals surface area (Å²) in [6.45, 7) is 8.46. The lowest BCUT2D eigenvalue weighted by atomic mass is 9.71. The number of hydrogen-bond donors (Lipinski definition) is 2. The maximum Gasteiger partial charge on any atom is 0.195 e. The predicted molar refractivity (Wildman–Crippen MR) is 127 cm³/mol. The monoisotopic (exact) mass is 434 g/mol. The first-order valence-electron chi connectivity index (χ1n) is 11.1. The molecule has 0 bridgehead atoms. The lowest BCUT2D eigenvalue weighted by Gasteiger charge is -2.38. The average molecular weight is 435 g/mol. The van der Waals surface area contributed by atoms with E-state index in [4.69, 9.17) is 17.3 Å². The van der Waals surface area contributed by atoms with E-state index in [1.807, 2.05) is 24.3 Å². The van der Waals surface area contributed by atoms with Crippen molar-refractivity contribution in [2.45, 2.75) is 38.1 Å². The fraction of sp³-hybridized carbons (Fsp3) is 0.400. The molecule has 2 fully saturated rings. The first-order chi connectivity index (χ1) is 14.8. The second-order valence-corrected chi connectivity index (χ2v) is 10.1. The highest BCUT2D eigenvalue weighted by Crippen LogP contribution is 2.46. The second kappa shape index (κ2) is 6.50. The third-order valence-corrected chi connectivity index (χ3v) is 7.70. The second-order valence-electron chi connectivity index (χ2n) is 9.74. The predicted octanol–water partition coefficient (Wildman–Crippen LogP) is 4.56. The van der Waals surface area contributed by atoms with E-state index in [0.717, 1.165) is 65.6 Å². The number of carbonyl (C=O) groups excluding carboxylic acids is 1. The van der Waals surface area contributed by atoms with Crippen molar-refractivity contribution in [2.24, 2.45) is 0 Å². The molecule has 2 aliphatic carbocycles. The molecule has 0 radical (unpaired) electrons. The molecule has 2 heterocycles. The molecule has 1 saturated heterocycles. The molecule has 160 valence electrons. The van der Waals surface area contributed by atoms with Crippen molar-refractivity contribution in [1.29, 1.82) is 0 Å². The molecule has 0 amide bonds. The van der Waals surface area contributed by atoms with Gasteiger partial charge in [-0.05, 0) is 42.7 Å². The van der Waals surface area contributed by atoms with Crippen molar-refractivity contribution in [3.8, 4) is 0 Å². The number of nitrogens with one attached hydrogen (secondary N) is 1. The smallest absolute Gasteiger partial charge is 0.195 e. The van der Waals surface area contributed by atoms with Crippen LogP contribution in [0.25, 0.3) is 10.9 Å². The number of halogens is 1. The van der Waals surface area contributed by atoms with E-state index in [2.05, 4.69) is 34.7 Å². The van der Waals surface area contributed by atoms with Gasteiger partial charge in [0.1, 0.15) is 0 Å². The van der Waals surface area contributed by atoms with Crippen LogP contribution in [0, 0.1) is 0 Å². The molecule has 3 aromatic rings. The van der Waals surface area contributed by atoms with Gasteiger partial charge >= 0.3 is 0 Å². The molecule has 3 aliphatic rings. The minimum absolute atomic E-state index is 0.0346. The number of carbonyl (C=O) groups is 1. The van der Waals surface area contributed by atoms with Crippen LogP contribution in [0.2, 0.25) is 5.02 Å². The number of piperazine rings is 1. The van der Waals surface area contributed by atoms with Crippen LogP contribution in [0.1, 0.15) is 53.9 Å². The molecule has 1 aliphatic heterocycles. The van der Waals surface area contributed by atoms with Gasteiger partial charge in [0, 0.05) is 65.5 Å². The molecule has 0 unspecified atom stereocenters. The molecule has 1 aromatic heterocycles. The normalized spacial score (nSPS) is 20.7. The van der Waals surface area contributed by atoms with Gasteiger partial charge in [0.15, 0.2) is 5.78 Å². The number of hydrogen-bond acceptors (Lipinski definition) is 4. The minimum atomic E-state index is -0.346. The number of aromatic nitrogens is 1. The molecule has 0 atom stereocenters. The molecule has 6 heteroatoms. The van der Waals surface area contributed by atoms with Crippen LogP contribution < -0.4 is 10.6 Å². The zero-order valence-corrected chi connectivity index (χ0v) is 18.7. The summed E-state index contributed by atoms with van der Waals surface area (Å²) in [7, 11) is 0. The first-order valence-corrected chi connectivity index (χ1v) is 11.5. The highest BCUT2D eigenvalue weighted by Gasteiger charge is 2.41. The molecule has 2 aromatic carbocycles. The van der Waals surface area contributed by atoms with Crippen LogP contribution in [0.4, 0.5) is 11.4 Å². The fourth-order valence-corrected chi connectivity index (χ4v) is 5.75. The molecular formula is C25H27ClN4O. The van der Waals surface area contributed by atoms with Crippen molar-refractivity contribution < 1.29 is 4.79 Å². The van der Waals surface area contributed by atoms with Crippen molar-refractivity contribution in [2.75, 3.05) is 36.8 Å². The van der Waals surface area contributed by atoms with Crippen LogP contribution in [0.15, 0.2) is 30.3 Å². The van der Waals surface area contributed by atoms with Crippen LogP contribution in [-0.4, -0.2) is 47.9 Å². The van der Waals surface area contributed by atoms with Gasteiger partial charge in [-0.1, -0.05) is 31.5 Å². The number of nitrogen functional groups attached to an aromatic ring is 1. The van der Waals surface area contributed by atoms with E-state index in [9.17, 15) is 4.79 Å². The largest absolute Gasteiger partial charge is 0.399 e. The van der Waals surface area contributed by atoms with Gasteiger partial charge in [0.25, 0.3) is 0 Å². The Kier molecular flexibility index (Phi) is 4.03. The molecule has 5 nitrogen and oxygen atoms in total. The summed E-state index contributed by atoms with van der Waals surface area (Å²) >= 11 is 6.77. The maximum atomic E-state index is 13.6. The number of aromatic amines is 1. The zero-order chi connectivity index (χ0) is 21.5. The molecular weight excluding hydrogens is 408 g/mol. The third-order valence-electron chi connectivity index (χ3n) is 7.40. The summed E-state index contributed by atoms with van der Waals surface area (Å²) in [5, 5.41) is 1.58. The van der Waals surface area contributed by atoms with Gasteiger partial charge in [-0.25, -0.2) is 0 Å². The summed E-state index contributed by atoms with van der Waals surface area (Å²) in [5.41, 5.74) is 11.7. The lowest BCUT2D eigenvalue weighted by Crippen LogP contribution is -2.47. The number of anilines is 2. The quantitative estimate of drug-likeness (QED) is 0.580. The Hall–Kier alpha value is -2.50. The van der Waals surface area contributed by atoms with Crippen LogP contribution in [0.5, 0.6) is 0 Å². The number of fused-ring (bicyclic) bond motifs is 4. The van der Waals surface area contributed by atoms with E-state index >= 15 is 0 Å². The maximum absolute atomic E-state index is 13.6. The van der Waals surface area contributed by atoms with Gasteiger partial charge in [0.2, 0.25) is 0 Å². The molecule has 6 rings (SSSR count). The van der Waals surface area contributed by atoms with Gasteiger partial charge < -0.3 is 15.6 Å². The van der Waals surface area contributed by atoms with E-state index in [0.29, 0.717) is 16.3 Å². The van der Waals surface area contributed by atoms with Crippen LogP contribution in [-0.2, 0) is 5.41 Å². The van der Waals surface area contributed by atoms with Gasteiger partial charge in [-0.3, -0.25) is 9.69 Å². The lowest BCUT2D eigenvalue weighted by molar-refractivity contribution is 0.103. The first kappa shape index (κ1) is 19.2. The Morgan fingerprint density at radius 3 is 2.55 bits per heavy atom. The average Bonchev–Trinajstić information content (AvgIpc) is 3.52. The number of ketones is 1. The van der Waals surface area contributed by atoms with Crippen LogP contribution >= 0.6 is 11.6 Å². The summed E-state index contributed by atoms with van der Waals surface area (Å²) in [5.74, 6) is 0.0346. The molecule has 1 saturated carbocycles. The van der Waals surface area contributed by atoms with Crippen molar-refractivity contribution in [3.05, 3.63) is 57.7 Å². The Bertz CT molecular complexity index is 1230. The van der Waals surface area contributed by atoms with E-state index < -0.39 is 0 Å². The van der Waals surface area contributed by atoms with Crippen LogP contribution in [0.3, 0.4) is 0 Å². The highest BCUT2D eigenvalue weighted by atomic mass is 35.5. The highest BCUT2D eigenvalue weighted by molar-refractivity contribution is 6.34. The standard InChI is InChI=1S/C25H27ClN4O/c1-25(2)18-13-21(30-9-7-29(8-10-30)15-4-5-15)19(26)12-17(18)23(31)22-16-6-3-14(27)11-20(16)28-24(22)25/h3,6,11-13,15,28H,4-5,7-10,27H2,1-2H3. The summed E-state index contributed by atoms with van der Waals surface area (Å²) < 4.78 is 0.